The van der Waals surface area contributed by atoms with Gasteiger partial charge in [-0.05, 0) is 6.92 Å². The van der Waals surface area contributed by atoms with E-state index < -0.39 is 0 Å². The van der Waals surface area contributed by atoms with Crippen molar-refractivity contribution in [2.24, 2.45) is 0 Å². The maximum absolute atomic E-state index is 2.08. The lowest BCUT2D eigenvalue weighted by molar-refractivity contribution is -0.00000150. The van der Waals surface area contributed by atoms with E-state index in [1.165, 1.54) is 5.56 Å². The molecule has 0 heterocycles. The third-order valence-corrected chi connectivity index (χ3v) is 0.940. The molecule has 0 radical (unpaired) electrons. The first-order valence-electron chi connectivity index (χ1n) is 2.41. The fraction of sp³-hybridized carbons (Fsp3) is 0.143. The first kappa shape index (κ1) is 7.70. The molecule has 0 unspecified atom stereocenters. The van der Waals surface area contributed by atoms with Gasteiger partial charge in [0.2, 0.25) is 0 Å². The largest absolute Gasteiger partial charge is 1.00 e. The summed E-state index contributed by atoms with van der Waals surface area (Å²) in [6, 6.07) is 10.3. The summed E-state index contributed by atoms with van der Waals surface area (Å²) >= 11 is 0. The fourth-order valence-corrected chi connectivity index (χ4v) is 0.534. The number of benzene rings is 1. The molecule has 0 fully saturated rings. The van der Waals surface area contributed by atoms with E-state index in [0.717, 1.165) is 0 Å². The number of hydrogen-bond acceptors (Lipinski definition) is 0. The molecule has 0 aliphatic carbocycles. The molecule has 0 aromatic heterocycles. The molecule has 8 heavy (non-hydrogen) atoms. The second-order valence-electron chi connectivity index (χ2n) is 1.65. The molecular weight excluding hydrogens is 164 g/mol. The van der Waals surface area contributed by atoms with E-state index in [1.54, 1.807) is 0 Å². The third kappa shape index (κ3) is 2.12. The highest BCUT2D eigenvalue weighted by molar-refractivity contribution is 5.11. The van der Waals surface area contributed by atoms with Crippen LogP contribution in [-0.2, 0) is 0 Å². The molecule has 0 N–H and O–H groups in total. The Morgan fingerprint density at radius 3 is 1.75 bits per heavy atom. The predicted octanol–water partition coefficient (Wildman–Crippen LogP) is -1.00. The van der Waals surface area contributed by atoms with Crippen molar-refractivity contribution in [3.8, 4) is 0 Å². The summed E-state index contributed by atoms with van der Waals surface area (Å²) in [7, 11) is 0. The predicted molar refractivity (Wildman–Crippen MR) is 31.2 cm³/mol. The fourth-order valence-electron chi connectivity index (χ4n) is 0.534. The van der Waals surface area contributed by atoms with Gasteiger partial charge in [-0.2, -0.15) is 0 Å². The van der Waals surface area contributed by atoms with Gasteiger partial charge in [-0.15, -0.1) is 0 Å². The van der Waals surface area contributed by atoms with Gasteiger partial charge in [0.1, 0.15) is 0 Å². The first-order chi connectivity index (χ1) is 3.39. The van der Waals surface area contributed by atoms with Crippen molar-refractivity contribution >= 4 is 0 Å². The van der Waals surface area contributed by atoms with Crippen LogP contribution in [0.25, 0.3) is 0 Å². The van der Waals surface area contributed by atoms with E-state index in [0.29, 0.717) is 0 Å². The maximum atomic E-state index is 2.08. The third-order valence-electron chi connectivity index (χ3n) is 0.940. The highest BCUT2D eigenvalue weighted by Gasteiger charge is 1.72. The van der Waals surface area contributed by atoms with E-state index >= 15 is 0 Å². The maximum Gasteiger partial charge on any atom is -0.0398 e. The smallest absolute Gasteiger partial charge is 0.0398 e. The molecule has 1 aromatic rings. The normalized spacial score (nSPS) is 7.62. The van der Waals surface area contributed by atoms with Crippen molar-refractivity contribution in [3.63, 3.8) is 0 Å². The molecule has 0 aliphatic heterocycles. The highest BCUT2D eigenvalue weighted by Crippen LogP contribution is 1.92. The van der Waals surface area contributed by atoms with Gasteiger partial charge in [-0.1, -0.05) is 35.9 Å². The highest BCUT2D eigenvalue weighted by atomic mass is 79.9. The first-order valence-corrected chi connectivity index (χ1v) is 2.41. The van der Waals surface area contributed by atoms with E-state index in [2.05, 4.69) is 19.1 Å². The van der Waals surface area contributed by atoms with E-state index in [1.807, 2.05) is 18.2 Å². The zero-order chi connectivity index (χ0) is 5.11. The zero-order valence-electron chi connectivity index (χ0n) is 4.76. The summed E-state index contributed by atoms with van der Waals surface area (Å²) in [5.41, 5.74) is 1.32. The van der Waals surface area contributed by atoms with Crippen LogP contribution in [0, 0.1) is 6.92 Å². The molecule has 0 bridgehead atoms. The average Bonchev–Trinajstić information content (AvgIpc) is 1.69. The Labute approximate surface area is 60.3 Å². The molecular formula is C7H8Br-. The minimum atomic E-state index is 0. The van der Waals surface area contributed by atoms with Crippen molar-refractivity contribution < 1.29 is 17.0 Å². The zero-order valence-corrected chi connectivity index (χ0v) is 6.35. The summed E-state index contributed by atoms with van der Waals surface area (Å²) in [6.07, 6.45) is 0. The van der Waals surface area contributed by atoms with Crippen molar-refractivity contribution in [3.05, 3.63) is 35.9 Å². The van der Waals surface area contributed by atoms with Gasteiger partial charge in [0.25, 0.3) is 0 Å². The van der Waals surface area contributed by atoms with Gasteiger partial charge in [0, 0.05) is 0 Å². The lowest BCUT2D eigenvalue weighted by Crippen LogP contribution is -3.00. The molecule has 44 valence electrons. The van der Waals surface area contributed by atoms with Crippen molar-refractivity contribution in [2.75, 3.05) is 0 Å². The van der Waals surface area contributed by atoms with Crippen molar-refractivity contribution in [2.45, 2.75) is 6.92 Å². The molecule has 1 heteroatoms. The Morgan fingerprint density at radius 2 is 1.50 bits per heavy atom. The van der Waals surface area contributed by atoms with Crippen LogP contribution >= 0.6 is 0 Å². The molecule has 0 spiro atoms. The second-order valence-corrected chi connectivity index (χ2v) is 1.65. The van der Waals surface area contributed by atoms with Crippen LogP contribution in [0.3, 0.4) is 0 Å². The Morgan fingerprint density at radius 1 is 1.00 bits per heavy atom. The van der Waals surface area contributed by atoms with Gasteiger partial charge >= 0.3 is 0 Å². The molecule has 0 atom stereocenters. The van der Waals surface area contributed by atoms with Gasteiger partial charge < -0.3 is 17.0 Å². The van der Waals surface area contributed by atoms with E-state index in [4.69, 9.17) is 0 Å². The summed E-state index contributed by atoms with van der Waals surface area (Å²) < 4.78 is 0. The van der Waals surface area contributed by atoms with Crippen molar-refractivity contribution in [1.82, 2.24) is 0 Å². The van der Waals surface area contributed by atoms with E-state index in [9.17, 15) is 0 Å². The quantitative estimate of drug-likeness (QED) is 0.470. The molecule has 0 nitrogen and oxygen atoms in total. The van der Waals surface area contributed by atoms with E-state index in [-0.39, 0.29) is 17.0 Å². The minimum absolute atomic E-state index is 0. The number of aryl methyl sites for hydroxylation is 1. The Kier molecular flexibility index (Phi) is 3.53. The minimum Gasteiger partial charge on any atom is -1.00 e. The van der Waals surface area contributed by atoms with Crippen LogP contribution in [0.5, 0.6) is 0 Å². The Bertz CT molecular complexity index is 134. The average molecular weight is 172 g/mol. The topological polar surface area (TPSA) is 0 Å². The lowest BCUT2D eigenvalue weighted by atomic mass is 10.2. The SMILES string of the molecule is Cc1ccccc1.[Br-]. The van der Waals surface area contributed by atoms with Crippen LogP contribution in [0.1, 0.15) is 5.56 Å². The molecule has 0 aliphatic rings. The number of rotatable bonds is 0. The molecule has 0 saturated carbocycles. The summed E-state index contributed by atoms with van der Waals surface area (Å²) in [6.45, 7) is 2.08. The van der Waals surface area contributed by atoms with Crippen LogP contribution in [-0.4, -0.2) is 0 Å². The van der Waals surface area contributed by atoms with Gasteiger partial charge in [-0.3, -0.25) is 0 Å². The number of halogens is 1. The molecule has 0 saturated heterocycles. The van der Waals surface area contributed by atoms with Crippen molar-refractivity contribution in [1.29, 1.82) is 0 Å². The summed E-state index contributed by atoms with van der Waals surface area (Å²) in [4.78, 5) is 0. The van der Waals surface area contributed by atoms with Crippen LogP contribution < -0.4 is 17.0 Å². The monoisotopic (exact) mass is 171 g/mol. The standard InChI is InChI=1S/C7H8.BrH/c1-7-5-3-2-4-6-7;/h2-6H,1H3;1H/p-1. The summed E-state index contributed by atoms with van der Waals surface area (Å²) in [5.74, 6) is 0. The molecule has 1 rings (SSSR count). The molecule has 1 aromatic carbocycles. The summed E-state index contributed by atoms with van der Waals surface area (Å²) in [5, 5.41) is 0. The van der Waals surface area contributed by atoms with Crippen LogP contribution in [0.15, 0.2) is 30.3 Å². The van der Waals surface area contributed by atoms with Gasteiger partial charge in [0.15, 0.2) is 0 Å². The van der Waals surface area contributed by atoms with Crippen LogP contribution in [0.4, 0.5) is 0 Å². The van der Waals surface area contributed by atoms with Gasteiger partial charge in [0.05, 0.1) is 0 Å². The Balaban J connectivity index is 0.000000490. The van der Waals surface area contributed by atoms with Crippen LogP contribution in [0.2, 0.25) is 0 Å². The second kappa shape index (κ2) is 3.67. The molecule has 0 amide bonds. The van der Waals surface area contributed by atoms with Gasteiger partial charge in [-0.25, -0.2) is 0 Å². The lowest BCUT2D eigenvalue weighted by Gasteiger charge is -1.82. The Hall–Kier alpha value is -0.300. The number of hydrogen-bond donors (Lipinski definition) is 0.